The summed E-state index contributed by atoms with van der Waals surface area (Å²) in [5, 5.41) is 14.7. The first-order valence-corrected chi connectivity index (χ1v) is 12.1. The Labute approximate surface area is 212 Å². The maximum Gasteiger partial charge on any atom is 0.224 e. The van der Waals surface area contributed by atoms with Gasteiger partial charge in [-0.15, -0.1) is 0 Å². The van der Waals surface area contributed by atoms with Crippen LogP contribution in [0.1, 0.15) is 36.7 Å². The van der Waals surface area contributed by atoms with Gasteiger partial charge in [-0.2, -0.15) is 5.10 Å². The largest absolute Gasteiger partial charge is 0.385 e. The highest BCUT2D eigenvalue weighted by molar-refractivity contribution is 5.95. The van der Waals surface area contributed by atoms with E-state index >= 15 is 0 Å². The Kier molecular flexibility index (Phi) is 5.72. The van der Waals surface area contributed by atoms with E-state index in [0.29, 0.717) is 30.2 Å². The van der Waals surface area contributed by atoms with Crippen molar-refractivity contribution in [3.05, 3.63) is 89.9 Å². The molecule has 0 aliphatic carbocycles. The molecule has 0 atom stereocenters. The summed E-state index contributed by atoms with van der Waals surface area (Å²) in [7, 11) is 0. The Hall–Kier alpha value is -4.79. The van der Waals surface area contributed by atoms with Crippen molar-refractivity contribution < 1.29 is 9.18 Å². The van der Waals surface area contributed by atoms with Gasteiger partial charge in [-0.1, -0.05) is 25.1 Å². The first-order valence-electron chi connectivity index (χ1n) is 12.1. The van der Waals surface area contributed by atoms with E-state index in [0.717, 1.165) is 51.0 Å². The number of pyridine rings is 1. The summed E-state index contributed by atoms with van der Waals surface area (Å²) in [5.74, 6) is 0.297. The number of anilines is 1. The normalized spacial score (nSPS) is 12.6. The van der Waals surface area contributed by atoms with Crippen molar-refractivity contribution in [1.82, 2.24) is 30.5 Å². The number of aromatic nitrogens is 5. The highest BCUT2D eigenvalue weighted by Crippen LogP contribution is 2.33. The van der Waals surface area contributed by atoms with Crippen molar-refractivity contribution in [2.45, 2.75) is 26.3 Å². The summed E-state index contributed by atoms with van der Waals surface area (Å²) in [6, 6.07) is 14.4. The van der Waals surface area contributed by atoms with Crippen LogP contribution >= 0.6 is 0 Å². The lowest BCUT2D eigenvalue weighted by Crippen LogP contribution is -2.14. The molecule has 2 aromatic carbocycles. The fourth-order valence-corrected chi connectivity index (χ4v) is 4.56. The monoisotopic (exact) mass is 493 g/mol. The van der Waals surface area contributed by atoms with Crippen LogP contribution in [0.15, 0.2) is 67.1 Å². The molecule has 1 aliphatic heterocycles. The van der Waals surface area contributed by atoms with Crippen LogP contribution in [0.2, 0.25) is 0 Å². The summed E-state index contributed by atoms with van der Waals surface area (Å²) < 4.78 is 13.9. The Bertz CT molecular complexity index is 1670. The van der Waals surface area contributed by atoms with Crippen LogP contribution in [0, 0.1) is 5.82 Å². The zero-order valence-electron chi connectivity index (χ0n) is 20.1. The third-order valence-electron chi connectivity index (χ3n) is 6.31. The van der Waals surface area contributed by atoms with Crippen LogP contribution in [0.3, 0.4) is 0 Å². The van der Waals surface area contributed by atoms with E-state index < -0.39 is 0 Å². The second kappa shape index (κ2) is 9.34. The van der Waals surface area contributed by atoms with E-state index in [1.807, 2.05) is 43.5 Å². The number of nitrogens with one attached hydrogen (secondary N) is 4. The smallest absolute Gasteiger partial charge is 0.224 e. The predicted octanol–water partition coefficient (Wildman–Crippen LogP) is 5.39. The summed E-state index contributed by atoms with van der Waals surface area (Å²) >= 11 is 0. The highest BCUT2D eigenvalue weighted by Gasteiger charge is 2.22. The van der Waals surface area contributed by atoms with E-state index in [9.17, 15) is 9.18 Å². The van der Waals surface area contributed by atoms with Gasteiger partial charge in [-0.3, -0.25) is 14.9 Å². The molecule has 0 saturated carbocycles. The molecule has 0 spiro atoms. The summed E-state index contributed by atoms with van der Waals surface area (Å²) in [6.07, 6.45) is 6.52. The SMILES string of the molecule is CCCC(=O)Nc1cncc(-c2ccc3[nH]nc(-c4nc5c([nH]4)CNC=C5c4cccc(F)c4)c3c2)c1. The maximum absolute atomic E-state index is 13.9. The molecule has 184 valence electrons. The van der Waals surface area contributed by atoms with Crippen LogP contribution in [0.5, 0.6) is 0 Å². The van der Waals surface area contributed by atoms with Crippen molar-refractivity contribution in [3.63, 3.8) is 0 Å². The quantitative estimate of drug-likeness (QED) is 0.254. The van der Waals surface area contributed by atoms with Gasteiger partial charge < -0.3 is 15.6 Å². The molecule has 8 nitrogen and oxygen atoms in total. The second-order valence-corrected chi connectivity index (χ2v) is 8.95. The number of amides is 1. The average Bonchev–Trinajstić information content (AvgIpc) is 3.52. The summed E-state index contributed by atoms with van der Waals surface area (Å²) in [5.41, 5.74) is 7.27. The van der Waals surface area contributed by atoms with Gasteiger partial charge in [0.05, 0.1) is 35.3 Å². The molecular formula is C28H24FN7O. The number of H-pyrrole nitrogens is 2. The molecule has 1 aliphatic rings. The van der Waals surface area contributed by atoms with Crippen molar-refractivity contribution in [2.75, 3.05) is 5.32 Å². The van der Waals surface area contributed by atoms with Crippen molar-refractivity contribution >= 4 is 28.1 Å². The van der Waals surface area contributed by atoms with E-state index in [1.54, 1.807) is 18.5 Å². The number of hydrogen-bond acceptors (Lipinski definition) is 5. The van der Waals surface area contributed by atoms with Crippen molar-refractivity contribution in [1.29, 1.82) is 0 Å². The highest BCUT2D eigenvalue weighted by atomic mass is 19.1. The number of hydrogen-bond donors (Lipinski definition) is 4. The van der Waals surface area contributed by atoms with Gasteiger partial charge in [0, 0.05) is 35.3 Å². The lowest BCUT2D eigenvalue weighted by molar-refractivity contribution is -0.116. The number of aromatic amines is 2. The number of nitrogens with zero attached hydrogens (tertiary/aromatic N) is 3. The first kappa shape index (κ1) is 22.7. The molecule has 4 heterocycles. The van der Waals surface area contributed by atoms with Gasteiger partial charge in [0.2, 0.25) is 5.91 Å². The van der Waals surface area contributed by atoms with Crippen molar-refractivity contribution in [2.24, 2.45) is 0 Å². The number of benzene rings is 2. The molecule has 9 heteroatoms. The molecule has 6 rings (SSSR count). The van der Waals surface area contributed by atoms with Crippen LogP contribution in [0.4, 0.5) is 10.1 Å². The molecule has 0 saturated heterocycles. The minimum Gasteiger partial charge on any atom is -0.385 e. The van der Waals surface area contributed by atoms with E-state index in [2.05, 4.69) is 30.8 Å². The van der Waals surface area contributed by atoms with E-state index in [1.165, 1.54) is 12.1 Å². The van der Waals surface area contributed by atoms with Crippen LogP contribution in [-0.4, -0.2) is 31.1 Å². The molecular weight excluding hydrogens is 469 g/mol. The summed E-state index contributed by atoms with van der Waals surface area (Å²) in [6.45, 7) is 2.55. The lowest BCUT2D eigenvalue weighted by atomic mass is 10.0. The standard InChI is InChI=1S/C28H24FN7O/c1-2-4-25(37)32-20-10-18(12-30-13-20)16-7-8-23-21(11-16)27(36-35-23)28-33-24-15-31-14-22(26(24)34-28)17-5-3-6-19(29)9-17/h3,5-14,31H,2,4,15H2,1H3,(H,32,37)(H,33,34)(H,35,36). The molecule has 1 amide bonds. The maximum atomic E-state index is 13.9. The number of rotatable bonds is 6. The van der Waals surface area contributed by atoms with Gasteiger partial charge in [0.25, 0.3) is 0 Å². The Morgan fingerprint density at radius 2 is 1.97 bits per heavy atom. The number of fused-ring (bicyclic) bond motifs is 2. The Balaban J connectivity index is 1.36. The number of carbonyl (C=O) groups is 1. The van der Waals surface area contributed by atoms with Gasteiger partial charge >= 0.3 is 0 Å². The predicted molar refractivity (Wildman–Crippen MR) is 141 cm³/mol. The fourth-order valence-electron chi connectivity index (χ4n) is 4.56. The van der Waals surface area contributed by atoms with Crippen molar-refractivity contribution in [3.8, 4) is 22.6 Å². The third kappa shape index (κ3) is 4.35. The molecule has 0 bridgehead atoms. The Morgan fingerprint density at radius 1 is 1.05 bits per heavy atom. The zero-order valence-corrected chi connectivity index (χ0v) is 20.1. The van der Waals surface area contributed by atoms with E-state index in [-0.39, 0.29) is 11.7 Å². The third-order valence-corrected chi connectivity index (χ3v) is 6.31. The minimum absolute atomic E-state index is 0.0306. The number of imidazole rings is 1. The van der Waals surface area contributed by atoms with Gasteiger partial charge in [0.1, 0.15) is 11.5 Å². The second-order valence-electron chi connectivity index (χ2n) is 8.95. The topological polar surface area (TPSA) is 111 Å². The van der Waals surface area contributed by atoms with Gasteiger partial charge in [-0.05, 0) is 47.9 Å². The molecule has 4 N–H and O–H groups in total. The molecule has 0 fully saturated rings. The number of carbonyl (C=O) groups excluding carboxylic acids is 1. The van der Waals surface area contributed by atoms with E-state index in [4.69, 9.17) is 4.98 Å². The fraction of sp³-hybridized carbons (Fsp3) is 0.143. The summed E-state index contributed by atoms with van der Waals surface area (Å²) in [4.78, 5) is 24.6. The molecule has 5 aromatic rings. The molecule has 0 radical (unpaired) electrons. The van der Waals surface area contributed by atoms with Gasteiger partial charge in [-0.25, -0.2) is 9.37 Å². The Morgan fingerprint density at radius 3 is 2.84 bits per heavy atom. The minimum atomic E-state index is -0.296. The van der Waals surface area contributed by atoms with Crippen LogP contribution in [0.25, 0.3) is 39.1 Å². The van der Waals surface area contributed by atoms with Crippen LogP contribution < -0.4 is 10.6 Å². The molecule has 3 aromatic heterocycles. The number of halogens is 1. The first-order chi connectivity index (χ1) is 18.1. The van der Waals surface area contributed by atoms with Crippen LogP contribution in [-0.2, 0) is 11.3 Å². The zero-order chi connectivity index (χ0) is 25.4. The molecule has 0 unspecified atom stereocenters. The lowest BCUT2D eigenvalue weighted by Gasteiger charge is -2.14. The molecule has 37 heavy (non-hydrogen) atoms. The average molecular weight is 494 g/mol. The van der Waals surface area contributed by atoms with Gasteiger partial charge in [0.15, 0.2) is 5.82 Å².